The number of carbonyl (C=O) groups is 2. The molecule has 0 bridgehead atoms. The lowest BCUT2D eigenvalue weighted by atomic mass is 9.96. The fraction of sp³-hybridized carbons (Fsp3) is 0.826. The second kappa shape index (κ2) is 16.8. The van der Waals surface area contributed by atoms with Crippen LogP contribution in [0.3, 0.4) is 0 Å². The number of esters is 2. The van der Waals surface area contributed by atoms with E-state index in [4.69, 9.17) is 9.47 Å². The van der Waals surface area contributed by atoms with Gasteiger partial charge in [0.05, 0.1) is 6.61 Å². The molecular formula is C23H42O4. The van der Waals surface area contributed by atoms with Crippen LogP contribution in [0.25, 0.3) is 0 Å². The van der Waals surface area contributed by atoms with E-state index in [2.05, 4.69) is 6.92 Å². The van der Waals surface area contributed by atoms with E-state index in [0.717, 1.165) is 18.9 Å². The summed E-state index contributed by atoms with van der Waals surface area (Å²) in [7, 11) is 0. The van der Waals surface area contributed by atoms with Gasteiger partial charge in [-0.05, 0) is 18.3 Å². The first-order valence-electron chi connectivity index (χ1n) is 10.9. The molecule has 0 aromatic carbocycles. The van der Waals surface area contributed by atoms with Crippen molar-refractivity contribution in [2.45, 2.75) is 105 Å². The van der Waals surface area contributed by atoms with Crippen LogP contribution in [0.5, 0.6) is 0 Å². The molecule has 0 atom stereocenters. The Labute approximate surface area is 167 Å². The summed E-state index contributed by atoms with van der Waals surface area (Å²) in [5, 5.41) is 0. The van der Waals surface area contributed by atoms with Crippen molar-refractivity contribution in [1.82, 2.24) is 0 Å². The van der Waals surface area contributed by atoms with Gasteiger partial charge in [-0.25, -0.2) is 9.59 Å². The largest absolute Gasteiger partial charge is 0.463 e. The number of ether oxygens (including phenoxy) is 2. The summed E-state index contributed by atoms with van der Waals surface area (Å²) in [4.78, 5) is 23.5. The van der Waals surface area contributed by atoms with Gasteiger partial charge in [0.25, 0.3) is 0 Å². The van der Waals surface area contributed by atoms with Gasteiger partial charge in [0.15, 0.2) is 0 Å². The lowest BCUT2D eigenvalue weighted by Gasteiger charge is -2.24. The van der Waals surface area contributed by atoms with Gasteiger partial charge in [-0.3, -0.25) is 0 Å². The van der Waals surface area contributed by atoms with Crippen molar-refractivity contribution in [2.24, 2.45) is 11.8 Å². The van der Waals surface area contributed by atoms with Crippen LogP contribution < -0.4 is 0 Å². The first-order valence-corrected chi connectivity index (χ1v) is 10.9. The van der Waals surface area contributed by atoms with Crippen LogP contribution in [0.4, 0.5) is 0 Å². The summed E-state index contributed by atoms with van der Waals surface area (Å²) in [6, 6.07) is 0. The van der Waals surface area contributed by atoms with E-state index < -0.39 is 11.9 Å². The molecule has 0 amide bonds. The van der Waals surface area contributed by atoms with Gasteiger partial charge in [0.1, 0.15) is 6.10 Å². The van der Waals surface area contributed by atoms with E-state index in [-0.39, 0.29) is 17.9 Å². The Morgan fingerprint density at radius 1 is 0.704 bits per heavy atom. The standard InChI is InChI=1S/C23H42O4/c1-6-7-8-9-10-11-12-13-14-15-18-26-21(24)16-17-22(25)27-23(19(2)3)20(4)5/h16-17,19-20,23H,6-15,18H2,1-5H3/b17-16+. The van der Waals surface area contributed by atoms with Gasteiger partial charge in [0.2, 0.25) is 0 Å². The van der Waals surface area contributed by atoms with Crippen molar-refractivity contribution < 1.29 is 19.1 Å². The van der Waals surface area contributed by atoms with E-state index in [9.17, 15) is 9.59 Å². The average Bonchev–Trinajstić information content (AvgIpc) is 2.61. The molecule has 0 aliphatic carbocycles. The molecule has 0 radical (unpaired) electrons. The molecule has 0 heterocycles. The third kappa shape index (κ3) is 15.4. The fourth-order valence-corrected chi connectivity index (χ4v) is 3.16. The maximum absolute atomic E-state index is 11.8. The van der Waals surface area contributed by atoms with Crippen molar-refractivity contribution in [2.75, 3.05) is 6.61 Å². The molecule has 0 unspecified atom stereocenters. The molecule has 0 aromatic heterocycles. The minimum atomic E-state index is -0.488. The highest BCUT2D eigenvalue weighted by molar-refractivity contribution is 5.91. The second-order valence-corrected chi connectivity index (χ2v) is 8.07. The zero-order valence-corrected chi connectivity index (χ0v) is 18.3. The van der Waals surface area contributed by atoms with Crippen LogP contribution in [-0.2, 0) is 19.1 Å². The predicted octanol–water partition coefficient (Wildman–Crippen LogP) is 6.23. The molecule has 158 valence electrons. The highest BCUT2D eigenvalue weighted by atomic mass is 16.5. The molecule has 0 fully saturated rings. The van der Waals surface area contributed by atoms with Gasteiger partial charge < -0.3 is 9.47 Å². The molecule has 0 N–H and O–H groups in total. The smallest absolute Gasteiger partial charge is 0.331 e. The molecule has 0 aliphatic heterocycles. The van der Waals surface area contributed by atoms with Crippen molar-refractivity contribution in [1.29, 1.82) is 0 Å². The first-order chi connectivity index (χ1) is 12.9. The van der Waals surface area contributed by atoms with Gasteiger partial charge in [-0.2, -0.15) is 0 Å². The minimum absolute atomic E-state index is 0.148. The van der Waals surface area contributed by atoms with Crippen LogP contribution in [0, 0.1) is 11.8 Å². The van der Waals surface area contributed by atoms with Gasteiger partial charge >= 0.3 is 11.9 Å². The topological polar surface area (TPSA) is 52.6 Å². The Kier molecular flexibility index (Phi) is 16.0. The number of hydrogen-bond donors (Lipinski definition) is 0. The van der Waals surface area contributed by atoms with Gasteiger partial charge in [-0.1, -0.05) is 92.4 Å². The van der Waals surface area contributed by atoms with E-state index >= 15 is 0 Å². The summed E-state index contributed by atoms with van der Waals surface area (Å²) in [5.41, 5.74) is 0. The monoisotopic (exact) mass is 382 g/mol. The number of rotatable bonds is 16. The van der Waals surface area contributed by atoms with E-state index in [1.807, 2.05) is 27.7 Å². The zero-order chi connectivity index (χ0) is 20.5. The van der Waals surface area contributed by atoms with Crippen LogP contribution in [-0.4, -0.2) is 24.6 Å². The molecule has 0 aromatic rings. The number of unbranched alkanes of at least 4 members (excludes halogenated alkanes) is 9. The molecule has 27 heavy (non-hydrogen) atoms. The quantitative estimate of drug-likeness (QED) is 0.180. The Hall–Kier alpha value is -1.32. The van der Waals surface area contributed by atoms with Crippen LogP contribution in [0.1, 0.15) is 98.8 Å². The highest BCUT2D eigenvalue weighted by Crippen LogP contribution is 2.16. The lowest BCUT2D eigenvalue weighted by Crippen LogP contribution is -2.28. The molecule has 4 nitrogen and oxygen atoms in total. The number of carbonyl (C=O) groups excluding carboxylic acids is 2. The van der Waals surface area contributed by atoms with Gasteiger partial charge in [-0.15, -0.1) is 0 Å². The first kappa shape index (κ1) is 25.7. The van der Waals surface area contributed by atoms with Gasteiger partial charge in [0, 0.05) is 12.2 Å². The van der Waals surface area contributed by atoms with E-state index in [1.54, 1.807) is 0 Å². The third-order valence-corrected chi connectivity index (χ3v) is 4.66. The lowest BCUT2D eigenvalue weighted by molar-refractivity contribution is -0.148. The fourth-order valence-electron chi connectivity index (χ4n) is 3.16. The van der Waals surface area contributed by atoms with Crippen molar-refractivity contribution in [3.05, 3.63) is 12.2 Å². The highest BCUT2D eigenvalue weighted by Gasteiger charge is 2.20. The SMILES string of the molecule is CCCCCCCCCCCCOC(=O)/C=C/C(=O)OC(C(C)C)C(C)C. The van der Waals surface area contributed by atoms with Crippen LogP contribution >= 0.6 is 0 Å². The van der Waals surface area contributed by atoms with Crippen LogP contribution in [0.2, 0.25) is 0 Å². The third-order valence-electron chi connectivity index (χ3n) is 4.66. The Balaban J connectivity index is 3.70. The molecular weight excluding hydrogens is 340 g/mol. The maximum atomic E-state index is 11.8. The molecule has 4 heteroatoms. The Morgan fingerprint density at radius 2 is 1.15 bits per heavy atom. The molecule has 0 saturated heterocycles. The summed E-state index contributed by atoms with van der Waals surface area (Å²) in [6.07, 6.45) is 14.6. The molecule has 0 aliphatic rings. The summed E-state index contributed by atoms with van der Waals surface area (Å²) >= 11 is 0. The Morgan fingerprint density at radius 3 is 1.63 bits per heavy atom. The Bertz CT molecular complexity index is 405. The maximum Gasteiger partial charge on any atom is 0.331 e. The van der Waals surface area contributed by atoms with E-state index in [1.165, 1.54) is 57.4 Å². The summed E-state index contributed by atoms with van der Waals surface area (Å²) in [6.45, 7) is 10.7. The zero-order valence-electron chi connectivity index (χ0n) is 18.3. The summed E-state index contributed by atoms with van der Waals surface area (Å²) < 4.78 is 10.5. The summed E-state index contributed by atoms with van der Waals surface area (Å²) in [5.74, 6) is -0.483. The number of hydrogen-bond acceptors (Lipinski definition) is 4. The molecule has 0 saturated carbocycles. The van der Waals surface area contributed by atoms with Crippen molar-refractivity contribution in [3.63, 3.8) is 0 Å². The normalized spacial score (nSPS) is 11.7. The average molecular weight is 383 g/mol. The second-order valence-electron chi connectivity index (χ2n) is 8.07. The molecule has 0 spiro atoms. The predicted molar refractivity (Wildman–Crippen MR) is 111 cm³/mol. The van der Waals surface area contributed by atoms with Crippen molar-refractivity contribution in [3.8, 4) is 0 Å². The molecule has 0 rings (SSSR count). The van der Waals surface area contributed by atoms with Crippen LogP contribution in [0.15, 0.2) is 12.2 Å². The van der Waals surface area contributed by atoms with E-state index in [0.29, 0.717) is 6.61 Å². The van der Waals surface area contributed by atoms with Crippen molar-refractivity contribution >= 4 is 11.9 Å². The minimum Gasteiger partial charge on any atom is -0.463 e.